The Morgan fingerprint density at radius 1 is 1.11 bits per heavy atom. The van der Waals surface area contributed by atoms with Crippen molar-refractivity contribution in [2.24, 2.45) is 0 Å². The molecule has 1 aromatic carbocycles. The summed E-state index contributed by atoms with van der Waals surface area (Å²) in [6.45, 7) is 1.64. The molecule has 2 heterocycles. The van der Waals surface area contributed by atoms with E-state index < -0.39 is 41.7 Å². The molecule has 1 aliphatic heterocycles. The first-order valence-corrected chi connectivity index (χ1v) is 8.05. The van der Waals surface area contributed by atoms with Crippen molar-refractivity contribution in [2.75, 3.05) is 36.5 Å². The van der Waals surface area contributed by atoms with E-state index >= 15 is 0 Å². The molecule has 3 rings (SSSR count). The first-order valence-electron chi connectivity index (χ1n) is 8.05. The van der Waals surface area contributed by atoms with E-state index in [0.717, 1.165) is 4.90 Å². The average molecular weight is 385 g/mol. The van der Waals surface area contributed by atoms with Crippen molar-refractivity contribution < 1.29 is 31.8 Å². The Morgan fingerprint density at radius 2 is 1.74 bits per heavy atom. The summed E-state index contributed by atoms with van der Waals surface area (Å²) in [5, 5.41) is 2.53. The first kappa shape index (κ1) is 18.7. The fourth-order valence-corrected chi connectivity index (χ4v) is 2.60. The molecule has 27 heavy (non-hydrogen) atoms. The van der Waals surface area contributed by atoms with Crippen molar-refractivity contribution in [2.45, 2.75) is 6.92 Å². The van der Waals surface area contributed by atoms with Crippen molar-refractivity contribution in [1.29, 1.82) is 0 Å². The molecular formula is C17H15F4N3O3. The standard InChI is InChI=1S/C17H15F4N3O3/c1-2-24(15-13(18)16(20)23-17(21)14(15)19)8-12(25)22-9-3-4-10-11(7-9)27-6-5-26-10/h3-4,7H,2,5-6,8H2,1H3,(H,22,25). The van der Waals surface area contributed by atoms with Gasteiger partial charge in [0.05, 0.1) is 6.54 Å². The van der Waals surface area contributed by atoms with Gasteiger partial charge in [-0.15, -0.1) is 0 Å². The Kier molecular flexibility index (Phi) is 5.33. The molecule has 1 amide bonds. The number of nitrogens with zero attached hydrogens (tertiary/aromatic N) is 2. The molecule has 2 aromatic rings. The SMILES string of the molecule is CCN(CC(=O)Nc1ccc2c(c1)OCCO2)c1c(F)c(F)nc(F)c1F. The third kappa shape index (κ3) is 3.88. The molecule has 0 unspecified atom stereocenters. The molecular weight excluding hydrogens is 370 g/mol. The lowest BCUT2D eigenvalue weighted by atomic mass is 10.2. The predicted octanol–water partition coefficient (Wildman–Crippen LogP) is 2.87. The van der Waals surface area contributed by atoms with Crippen LogP contribution in [-0.2, 0) is 4.79 Å². The zero-order valence-corrected chi connectivity index (χ0v) is 14.2. The van der Waals surface area contributed by atoms with Crippen molar-refractivity contribution in [1.82, 2.24) is 4.98 Å². The number of hydrogen-bond donors (Lipinski definition) is 1. The number of halogens is 4. The molecule has 6 nitrogen and oxygen atoms in total. The van der Waals surface area contributed by atoms with Gasteiger partial charge in [0.2, 0.25) is 17.5 Å². The average Bonchev–Trinajstić information content (AvgIpc) is 2.65. The molecule has 0 saturated heterocycles. The number of fused-ring (bicyclic) bond motifs is 1. The minimum Gasteiger partial charge on any atom is -0.486 e. The van der Waals surface area contributed by atoms with E-state index in [1.54, 1.807) is 12.1 Å². The van der Waals surface area contributed by atoms with E-state index in [-0.39, 0.29) is 6.54 Å². The van der Waals surface area contributed by atoms with Crippen LogP contribution in [0.15, 0.2) is 18.2 Å². The van der Waals surface area contributed by atoms with Gasteiger partial charge >= 0.3 is 0 Å². The highest BCUT2D eigenvalue weighted by atomic mass is 19.2. The lowest BCUT2D eigenvalue weighted by molar-refractivity contribution is -0.115. The molecule has 0 bridgehead atoms. The molecule has 1 aromatic heterocycles. The molecule has 0 radical (unpaired) electrons. The van der Waals surface area contributed by atoms with Crippen LogP contribution >= 0.6 is 0 Å². The van der Waals surface area contributed by atoms with Crippen LogP contribution in [0.25, 0.3) is 0 Å². The Hall–Kier alpha value is -3.04. The number of likely N-dealkylation sites (N-methyl/N-ethyl adjacent to an activating group) is 1. The van der Waals surface area contributed by atoms with E-state index in [1.807, 2.05) is 0 Å². The van der Waals surface area contributed by atoms with Crippen LogP contribution in [-0.4, -0.2) is 37.2 Å². The van der Waals surface area contributed by atoms with Gasteiger partial charge in [-0.25, -0.2) is 0 Å². The zero-order chi connectivity index (χ0) is 19.6. The largest absolute Gasteiger partial charge is 0.486 e. The van der Waals surface area contributed by atoms with Gasteiger partial charge in [-0.05, 0) is 19.1 Å². The summed E-state index contributed by atoms with van der Waals surface area (Å²) in [6.07, 6.45) is 0. The third-order valence-electron chi connectivity index (χ3n) is 3.83. The van der Waals surface area contributed by atoms with E-state index in [4.69, 9.17) is 9.47 Å². The van der Waals surface area contributed by atoms with E-state index in [9.17, 15) is 22.4 Å². The number of amides is 1. The lowest BCUT2D eigenvalue weighted by Gasteiger charge is -2.24. The fraction of sp³-hybridized carbons (Fsp3) is 0.294. The van der Waals surface area contributed by atoms with E-state index in [0.29, 0.717) is 30.4 Å². The Balaban J connectivity index is 1.77. The molecule has 10 heteroatoms. The summed E-state index contributed by atoms with van der Waals surface area (Å²) in [4.78, 5) is 15.6. The van der Waals surface area contributed by atoms with Gasteiger partial charge < -0.3 is 19.7 Å². The number of carbonyl (C=O) groups excluding carboxylic acids is 1. The maximum atomic E-state index is 13.9. The van der Waals surface area contributed by atoms with Gasteiger partial charge in [0.15, 0.2) is 11.5 Å². The Morgan fingerprint density at radius 3 is 2.37 bits per heavy atom. The second kappa shape index (κ2) is 7.68. The monoisotopic (exact) mass is 385 g/mol. The summed E-state index contributed by atoms with van der Waals surface area (Å²) < 4.78 is 65.2. The maximum Gasteiger partial charge on any atom is 0.253 e. The molecule has 0 fully saturated rings. The second-order valence-electron chi connectivity index (χ2n) is 5.59. The molecule has 0 atom stereocenters. The third-order valence-corrected chi connectivity index (χ3v) is 3.83. The number of anilines is 2. The van der Waals surface area contributed by atoms with Gasteiger partial charge in [0.25, 0.3) is 11.9 Å². The van der Waals surface area contributed by atoms with Gasteiger partial charge in [-0.2, -0.15) is 22.5 Å². The lowest BCUT2D eigenvalue weighted by Crippen LogP contribution is -2.35. The minimum atomic E-state index is -1.78. The number of carbonyl (C=O) groups is 1. The quantitative estimate of drug-likeness (QED) is 0.634. The molecule has 0 spiro atoms. The number of ether oxygens (including phenoxy) is 2. The fourth-order valence-electron chi connectivity index (χ4n) is 2.60. The second-order valence-corrected chi connectivity index (χ2v) is 5.59. The van der Waals surface area contributed by atoms with Crippen molar-refractivity contribution >= 4 is 17.3 Å². The molecule has 0 saturated carbocycles. The summed E-state index contributed by atoms with van der Waals surface area (Å²) in [7, 11) is 0. The number of pyridine rings is 1. The maximum absolute atomic E-state index is 13.9. The first-order chi connectivity index (χ1) is 12.9. The van der Waals surface area contributed by atoms with Crippen LogP contribution in [0.3, 0.4) is 0 Å². The number of hydrogen-bond acceptors (Lipinski definition) is 5. The van der Waals surface area contributed by atoms with Crippen LogP contribution in [0.5, 0.6) is 11.5 Å². The number of benzene rings is 1. The highest BCUT2D eigenvalue weighted by Gasteiger charge is 2.26. The van der Waals surface area contributed by atoms with Crippen LogP contribution in [0.1, 0.15) is 6.92 Å². The molecule has 144 valence electrons. The highest BCUT2D eigenvalue weighted by molar-refractivity contribution is 5.94. The van der Waals surface area contributed by atoms with Gasteiger partial charge in [-0.3, -0.25) is 4.79 Å². The van der Waals surface area contributed by atoms with Crippen LogP contribution < -0.4 is 19.7 Å². The van der Waals surface area contributed by atoms with Gasteiger partial charge in [0.1, 0.15) is 18.9 Å². The van der Waals surface area contributed by atoms with Gasteiger partial charge in [0, 0.05) is 18.3 Å². The smallest absolute Gasteiger partial charge is 0.253 e. The normalized spacial score (nSPS) is 12.6. The minimum absolute atomic E-state index is 0.0781. The van der Waals surface area contributed by atoms with E-state index in [2.05, 4.69) is 10.3 Å². The number of aromatic nitrogens is 1. The molecule has 1 aliphatic rings. The van der Waals surface area contributed by atoms with Crippen LogP contribution in [0.4, 0.5) is 28.9 Å². The Labute approximate surface area is 151 Å². The molecule has 0 aliphatic carbocycles. The molecule has 1 N–H and O–H groups in total. The van der Waals surface area contributed by atoms with Gasteiger partial charge in [-0.1, -0.05) is 0 Å². The van der Waals surface area contributed by atoms with E-state index in [1.165, 1.54) is 13.0 Å². The van der Waals surface area contributed by atoms with Crippen molar-refractivity contribution in [3.8, 4) is 11.5 Å². The summed E-state index contributed by atoms with van der Waals surface area (Å²) in [6, 6.07) is 4.71. The number of rotatable bonds is 5. The topological polar surface area (TPSA) is 63.7 Å². The predicted molar refractivity (Wildman–Crippen MR) is 88.0 cm³/mol. The number of nitrogens with one attached hydrogen (secondary N) is 1. The Bertz CT molecular complexity index is 853. The van der Waals surface area contributed by atoms with Crippen LogP contribution in [0.2, 0.25) is 0 Å². The summed E-state index contributed by atoms with van der Waals surface area (Å²) >= 11 is 0. The zero-order valence-electron chi connectivity index (χ0n) is 14.2. The van der Waals surface area contributed by atoms with Crippen molar-refractivity contribution in [3.63, 3.8) is 0 Å². The highest BCUT2D eigenvalue weighted by Crippen LogP contribution is 2.32. The van der Waals surface area contributed by atoms with Crippen molar-refractivity contribution in [3.05, 3.63) is 41.7 Å². The summed E-state index contributed by atoms with van der Waals surface area (Å²) in [5.41, 5.74) is -0.617. The van der Waals surface area contributed by atoms with Crippen LogP contribution in [0, 0.1) is 23.5 Å². The summed E-state index contributed by atoms with van der Waals surface area (Å²) in [5.74, 6) is -6.57.